The van der Waals surface area contributed by atoms with E-state index in [2.05, 4.69) is 20.6 Å². The number of fused-ring (bicyclic) bond motifs is 1. The van der Waals surface area contributed by atoms with E-state index in [1.165, 1.54) is 18.5 Å². The zero-order valence-electron chi connectivity index (χ0n) is 23.9. The zero-order chi connectivity index (χ0) is 31.2. The molecule has 8 nitrogen and oxygen atoms in total. The first kappa shape index (κ1) is 30.3. The van der Waals surface area contributed by atoms with Gasteiger partial charge in [-0.2, -0.15) is 0 Å². The van der Waals surface area contributed by atoms with E-state index in [0.717, 1.165) is 16.5 Å². The molecule has 11 heteroatoms. The van der Waals surface area contributed by atoms with Crippen molar-refractivity contribution in [2.24, 2.45) is 0 Å². The Morgan fingerprint density at radius 1 is 0.889 bits per heavy atom. The van der Waals surface area contributed by atoms with Crippen molar-refractivity contribution in [1.82, 2.24) is 15.3 Å². The summed E-state index contributed by atoms with van der Waals surface area (Å²) in [5.41, 5.74) is 2.97. The third-order valence-electron chi connectivity index (χ3n) is 7.01. The minimum atomic E-state index is -3.36. The van der Waals surface area contributed by atoms with Crippen LogP contribution in [0, 0.1) is 5.82 Å². The van der Waals surface area contributed by atoms with Gasteiger partial charge in [0.15, 0.2) is 9.84 Å². The van der Waals surface area contributed by atoms with Crippen LogP contribution in [0.3, 0.4) is 0 Å². The van der Waals surface area contributed by atoms with Crippen LogP contribution in [0.1, 0.15) is 11.3 Å². The number of benzene rings is 4. The summed E-state index contributed by atoms with van der Waals surface area (Å²) in [6, 6.07) is 29.4. The molecule has 0 saturated heterocycles. The number of hydrogen-bond donors (Lipinski definition) is 2. The second kappa shape index (κ2) is 13.5. The number of hydrogen-bond acceptors (Lipinski definition) is 8. The normalized spacial score (nSPS) is 11.5. The van der Waals surface area contributed by atoms with Gasteiger partial charge in [0.25, 0.3) is 0 Å². The lowest BCUT2D eigenvalue weighted by molar-refractivity contribution is 0.306. The second-order valence-electron chi connectivity index (χ2n) is 10.2. The Labute approximate surface area is 264 Å². The molecule has 0 radical (unpaired) electrons. The van der Waals surface area contributed by atoms with Crippen LogP contribution in [-0.4, -0.2) is 30.7 Å². The average molecular weight is 643 g/mol. The van der Waals surface area contributed by atoms with Crippen LogP contribution >= 0.6 is 11.6 Å². The lowest BCUT2D eigenvalue weighted by Crippen LogP contribution is -2.22. The SMILES string of the molecule is O=S(=O)(CCNCc1ccc(-c2ccc3ncnc(Nc4ccc(OCc5cccc(F)c5)c(Cl)c4)c3c2)o1)c1ccccc1. The first-order chi connectivity index (χ1) is 21.8. The van der Waals surface area contributed by atoms with Crippen molar-refractivity contribution in [2.75, 3.05) is 17.6 Å². The minimum absolute atomic E-state index is 0.0130. The number of sulfone groups is 1. The van der Waals surface area contributed by atoms with E-state index in [-0.39, 0.29) is 18.2 Å². The number of nitrogens with zero attached hydrogens (tertiary/aromatic N) is 2. The zero-order valence-corrected chi connectivity index (χ0v) is 25.5. The van der Waals surface area contributed by atoms with E-state index >= 15 is 0 Å². The maximum atomic E-state index is 13.5. The third-order valence-corrected chi connectivity index (χ3v) is 9.04. The van der Waals surface area contributed by atoms with E-state index in [0.29, 0.717) is 57.3 Å². The number of ether oxygens (including phenoxy) is 1. The third kappa shape index (κ3) is 7.49. The lowest BCUT2D eigenvalue weighted by Gasteiger charge is -2.12. The fourth-order valence-electron chi connectivity index (χ4n) is 4.72. The molecular formula is C34H28ClFN4O4S. The summed E-state index contributed by atoms with van der Waals surface area (Å²) in [7, 11) is -3.36. The topological polar surface area (TPSA) is 106 Å². The van der Waals surface area contributed by atoms with E-state index in [1.54, 1.807) is 54.6 Å². The molecule has 4 aromatic carbocycles. The van der Waals surface area contributed by atoms with Gasteiger partial charge in [0.05, 0.1) is 27.7 Å². The first-order valence-electron chi connectivity index (χ1n) is 14.1. The van der Waals surface area contributed by atoms with Gasteiger partial charge in [0.2, 0.25) is 0 Å². The molecule has 2 heterocycles. The Kier molecular flexibility index (Phi) is 9.06. The van der Waals surface area contributed by atoms with Gasteiger partial charge in [-0.3, -0.25) is 0 Å². The quantitative estimate of drug-likeness (QED) is 0.132. The van der Waals surface area contributed by atoms with Crippen molar-refractivity contribution < 1.29 is 22.0 Å². The second-order valence-corrected chi connectivity index (χ2v) is 12.7. The van der Waals surface area contributed by atoms with E-state index in [9.17, 15) is 12.8 Å². The molecule has 2 N–H and O–H groups in total. The predicted molar refractivity (Wildman–Crippen MR) is 173 cm³/mol. The number of aromatic nitrogens is 2. The maximum absolute atomic E-state index is 13.5. The van der Waals surface area contributed by atoms with Gasteiger partial charge < -0.3 is 19.8 Å². The van der Waals surface area contributed by atoms with Gasteiger partial charge >= 0.3 is 0 Å². The summed E-state index contributed by atoms with van der Waals surface area (Å²) in [6.07, 6.45) is 1.48. The molecule has 0 aliphatic heterocycles. The standard InChI is InChI=1S/C34H28ClFN4O4S/c35-30-19-26(10-13-33(30)43-21-23-5-4-6-25(36)17-23)40-34-29-18-24(9-12-31(29)38-22-39-34)32-14-11-27(44-32)20-37-15-16-45(41,42)28-7-2-1-3-8-28/h1-14,17-19,22,37H,15-16,20-21H2,(H,38,39,40). The van der Waals surface area contributed by atoms with Gasteiger partial charge in [-0.25, -0.2) is 22.8 Å². The van der Waals surface area contributed by atoms with Crippen molar-refractivity contribution in [3.05, 3.63) is 132 Å². The van der Waals surface area contributed by atoms with Crippen LogP contribution < -0.4 is 15.4 Å². The molecule has 6 aromatic rings. The van der Waals surface area contributed by atoms with Crippen LogP contribution in [-0.2, 0) is 23.0 Å². The Hall–Kier alpha value is -4.77. The number of halogens is 2. The summed E-state index contributed by atoms with van der Waals surface area (Å²) < 4.78 is 50.3. The molecule has 0 atom stereocenters. The van der Waals surface area contributed by atoms with Crippen LogP contribution in [0.2, 0.25) is 5.02 Å². The highest BCUT2D eigenvalue weighted by Crippen LogP contribution is 2.33. The van der Waals surface area contributed by atoms with Crippen molar-refractivity contribution in [2.45, 2.75) is 18.0 Å². The Morgan fingerprint density at radius 3 is 2.58 bits per heavy atom. The fourth-order valence-corrected chi connectivity index (χ4v) is 6.18. The summed E-state index contributed by atoms with van der Waals surface area (Å²) in [4.78, 5) is 9.15. The number of anilines is 2. The molecule has 45 heavy (non-hydrogen) atoms. The molecule has 228 valence electrons. The highest BCUT2D eigenvalue weighted by Gasteiger charge is 2.14. The Morgan fingerprint density at radius 2 is 1.76 bits per heavy atom. The summed E-state index contributed by atoms with van der Waals surface area (Å²) >= 11 is 6.50. The molecule has 6 rings (SSSR count). The van der Waals surface area contributed by atoms with Crippen molar-refractivity contribution in [3.63, 3.8) is 0 Å². The summed E-state index contributed by atoms with van der Waals surface area (Å²) in [5, 5.41) is 7.63. The molecule has 0 fully saturated rings. The van der Waals surface area contributed by atoms with Gasteiger partial charge in [0.1, 0.15) is 41.8 Å². The van der Waals surface area contributed by atoms with Crippen molar-refractivity contribution in [3.8, 4) is 17.1 Å². The molecule has 2 aromatic heterocycles. The van der Waals surface area contributed by atoms with Crippen molar-refractivity contribution in [1.29, 1.82) is 0 Å². The predicted octanol–water partition coefficient (Wildman–Crippen LogP) is 7.57. The molecule has 0 bridgehead atoms. The van der Waals surface area contributed by atoms with Crippen LogP contribution in [0.15, 0.2) is 119 Å². The summed E-state index contributed by atoms with van der Waals surface area (Å²) in [6.45, 7) is 0.862. The number of furan rings is 1. The summed E-state index contributed by atoms with van der Waals surface area (Å²) in [5.74, 6) is 2.06. The van der Waals surface area contributed by atoms with Gasteiger partial charge in [-0.1, -0.05) is 41.9 Å². The van der Waals surface area contributed by atoms with Crippen LogP contribution in [0.4, 0.5) is 15.9 Å². The highest BCUT2D eigenvalue weighted by atomic mass is 35.5. The van der Waals surface area contributed by atoms with Crippen LogP contribution in [0.25, 0.3) is 22.2 Å². The molecule has 0 unspecified atom stereocenters. The Balaban J connectivity index is 1.11. The lowest BCUT2D eigenvalue weighted by atomic mass is 10.1. The molecule has 0 spiro atoms. The van der Waals surface area contributed by atoms with Gasteiger partial charge in [-0.05, 0) is 78.4 Å². The molecule has 0 amide bonds. The largest absolute Gasteiger partial charge is 0.487 e. The van der Waals surface area contributed by atoms with E-state index < -0.39 is 9.84 Å². The molecule has 0 saturated carbocycles. The monoisotopic (exact) mass is 642 g/mol. The Bertz CT molecular complexity index is 2060. The van der Waals surface area contributed by atoms with Gasteiger partial charge in [0, 0.05) is 23.2 Å². The first-order valence-corrected chi connectivity index (χ1v) is 16.1. The number of rotatable bonds is 12. The minimum Gasteiger partial charge on any atom is -0.487 e. The fraction of sp³-hybridized carbons (Fsp3) is 0.118. The van der Waals surface area contributed by atoms with Crippen molar-refractivity contribution >= 4 is 43.8 Å². The maximum Gasteiger partial charge on any atom is 0.179 e. The smallest absolute Gasteiger partial charge is 0.179 e. The molecular weight excluding hydrogens is 615 g/mol. The molecule has 0 aliphatic carbocycles. The van der Waals surface area contributed by atoms with E-state index in [4.69, 9.17) is 20.8 Å². The number of nitrogens with one attached hydrogen (secondary N) is 2. The average Bonchev–Trinajstić information content (AvgIpc) is 3.52. The molecule has 0 aliphatic rings. The highest BCUT2D eigenvalue weighted by molar-refractivity contribution is 7.91. The van der Waals surface area contributed by atoms with Crippen LogP contribution in [0.5, 0.6) is 5.75 Å². The van der Waals surface area contributed by atoms with E-state index in [1.807, 2.05) is 36.4 Å². The van der Waals surface area contributed by atoms with Gasteiger partial charge in [-0.15, -0.1) is 0 Å².